The van der Waals surface area contributed by atoms with Crippen LogP contribution < -0.4 is 15.4 Å². The van der Waals surface area contributed by atoms with Gasteiger partial charge in [-0.05, 0) is 41.8 Å². The van der Waals surface area contributed by atoms with E-state index >= 15 is 0 Å². The van der Waals surface area contributed by atoms with Crippen molar-refractivity contribution in [1.82, 2.24) is 5.32 Å². The van der Waals surface area contributed by atoms with Gasteiger partial charge in [0.25, 0.3) is 0 Å². The third-order valence-electron chi connectivity index (χ3n) is 5.20. The number of amides is 1. The molecule has 1 saturated carbocycles. The van der Waals surface area contributed by atoms with Crippen molar-refractivity contribution in [3.05, 3.63) is 22.2 Å². The first-order chi connectivity index (χ1) is 14.9. The topological polar surface area (TPSA) is 96.9 Å². The third kappa shape index (κ3) is 6.19. The lowest BCUT2D eigenvalue weighted by molar-refractivity contribution is -0.114. The molecule has 1 aliphatic rings. The van der Waals surface area contributed by atoms with Gasteiger partial charge in [0.05, 0.1) is 15.8 Å². The average Bonchev–Trinajstić information content (AvgIpc) is 3.09. The molecule has 0 radical (unpaired) electrons. The second-order valence-electron chi connectivity index (χ2n) is 7.67. The first-order valence-electron chi connectivity index (χ1n) is 10.6. The number of hydrogen-bond acceptors (Lipinski definition) is 7. The quantitative estimate of drug-likeness (QED) is 0.429. The Morgan fingerprint density at radius 3 is 2.71 bits per heavy atom. The molecule has 0 unspecified atom stereocenters. The zero-order valence-electron chi connectivity index (χ0n) is 17.8. The standard InChI is InChI=1S/C22H29BrN2O5S/c1-3-29-22(28)18-16-9-10-17(23)19(20(16)31-21(18)25-13(2)26)30-12-15(27)11-24-14-7-5-4-6-8-14/h9-10,14-15,24,27H,3-8,11-12H2,1-2H3,(H,25,26)/t15-/m1/s1. The number of carbonyl (C=O) groups is 2. The number of hydrogen-bond donors (Lipinski definition) is 3. The molecule has 1 fully saturated rings. The van der Waals surface area contributed by atoms with Gasteiger partial charge in [0.1, 0.15) is 23.3 Å². The number of nitrogens with one attached hydrogen (secondary N) is 2. The van der Waals surface area contributed by atoms with E-state index in [1.54, 1.807) is 19.1 Å². The van der Waals surface area contributed by atoms with Crippen LogP contribution in [-0.4, -0.2) is 48.9 Å². The van der Waals surface area contributed by atoms with E-state index < -0.39 is 12.1 Å². The summed E-state index contributed by atoms with van der Waals surface area (Å²) < 4.78 is 12.6. The molecule has 1 aromatic heterocycles. The fraction of sp³-hybridized carbons (Fsp3) is 0.545. The molecule has 9 heteroatoms. The van der Waals surface area contributed by atoms with Gasteiger partial charge >= 0.3 is 5.97 Å². The van der Waals surface area contributed by atoms with Gasteiger partial charge in [0, 0.05) is 24.9 Å². The molecule has 1 amide bonds. The van der Waals surface area contributed by atoms with Gasteiger partial charge in [0.15, 0.2) is 5.75 Å². The summed E-state index contributed by atoms with van der Waals surface area (Å²) in [5.74, 6) is -0.244. The van der Waals surface area contributed by atoms with Crippen LogP contribution in [-0.2, 0) is 9.53 Å². The van der Waals surface area contributed by atoms with Crippen molar-refractivity contribution in [2.75, 3.05) is 25.1 Å². The van der Waals surface area contributed by atoms with E-state index in [1.165, 1.54) is 37.5 Å². The average molecular weight is 513 g/mol. The fourth-order valence-corrected chi connectivity index (χ4v) is 5.56. The van der Waals surface area contributed by atoms with Crippen molar-refractivity contribution in [3.63, 3.8) is 0 Å². The smallest absolute Gasteiger partial charge is 0.341 e. The minimum Gasteiger partial charge on any atom is -0.488 e. The van der Waals surface area contributed by atoms with E-state index in [4.69, 9.17) is 9.47 Å². The third-order valence-corrected chi connectivity index (χ3v) is 6.95. The lowest BCUT2D eigenvalue weighted by atomic mass is 9.95. The molecule has 0 bridgehead atoms. The van der Waals surface area contributed by atoms with Crippen LogP contribution in [0.4, 0.5) is 5.00 Å². The summed E-state index contributed by atoms with van der Waals surface area (Å²) in [6, 6.07) is 4.04. The molecule has 3 N–H and O–H groups in total. The molecule has 2 aromatic rings. The van der Waals surface area contributed by atoms with E-state index in [2.05, 4.69) is 26.6 Å². The summed E-state index contributed by atoms with van der Waals surface area (Å²) >= 11 is 4.75. The minimum absolute atomic E-state index is 0.111. The van der Waals surface area contributed by atoms with Gasteiger partial charge in [-0.25, -0.2) is 4.79 Å². The number of aliphatic hydroxyl groups is 1. The Kier molecular flexibility index (Phi) is 8.71. The zero-order valence-corrected chi connectivity index (χ0v) is 20.2. The predicted octanol–water partition coefficient (Wildman–Crippen LogP) is 4.46. The van der Waals surface area contributed by atoms with Crippen molar-refractivity contribution >= 4 is 54.2 Å². The summed E-state index contributed by atoms with van der Waals surface area (Å²) in [4.78, 5) is 24.2. The normalized spacial score (nSPS) is 15.6. The van der Waals surface area contributed by atoms with Crippen LogP contribution in [0.2, 0.25) is 0 Å². The second-order valence-corrected chi connectivity index (χ2v) is 9.54. The van der Waals surface area contributed by atoms with Gasteiger partial charge in [-0.1, -0.05) is 25.3 Å². The van der Waals surface area contributed by atoms with Gasteiger partial charge in [-0.3, -0.25) is 4.79 Å². The predicted molar refractivity (Wildman–Crippen MR) is 126 cm³/mol. The van der Waals surface area contributed by atoms with Gasteiger partial charge < -0.3 is 25.2 Å². The Bertz CT molecular complexity index is 926. The highest BCUT2D eigenvalue weighted by molar-refractivity contribution is 9.10. The minimum atomic E-state index is -0.664. The zero-order chi connectivity index (χ0) is 22.4. The highest BCUT2D eigenvalue weighted by Crippen LogP contribution is 2.44. The van der Waals surface area contributed by atoms with Crippen LogP contribution in [0.1, 0.15) is 56.3 Å². The number of esters is 1. The fourth-order valence-electron chi connectivity index (χ4n) is 3.75. The number of anilines is 1. The summed E-state index contributed by atoms with van der Waals surface area (Å²) in [5, 5.41) is 17.6. The van der Waals surface area contributed by atoms with E-state index in [-0.39, 0.29) is 19.1 Å². The Labute approximate surface area is 194 Å². The summed E-state index contributed by atoms with van der Waals surface area (Å²) in [7, 11) is 0. The number of fused-ring (bicyclic) bond motifs is 1. The van der Waals surface area contributed by atoms with Gasteiger partial charge in [-0.15, -0.1) is 11.3 Å². The first kappa shape index (κ1) is 24.0. The maximum Gasteiger partial charge on any atom is 0.341 e. The monoisotopic (exact) mass is 512 g/mol. The van der Waals surface area contributed by atoms with Crippen LogP contribution in [0.5, 0.6) is 5.75 Å². The van der Waals surface area contributed by atoms with Crippen LogP contribution in [0, 0.1) is 0 Å². The molecule has 0 saturated heterocycles. The van der Waals surface area contributed by atoms with Gasteiger partial charge in [0.2, 0.25) is 5.91 Å². The van der Waals surface area contributed by atoms with Crippen LogP contribution >= 0.6 is 27.3 Å². The Morgan fingerprint density at radius 2 is 2.03 bits per heavy atom. The SMILES string of the molecule is CCOC(=O)c1c(NC(C)=O)sc2c(OC[C@H](O)CNC3CCCCC3)c(Br)ccc12. The molecule has 1 heterocycles. The number of benzene rings is 1. The number of thiophene rings is 1. The molecule has 0 spiro atoms. The van der Waals surface area contributed by atoms with E-state index in [1.807, 2.05) is 0 Å². The lowest BCUT2D eigenvalue weighted by Crippen LogP contribution is -2.39. The van der Waals surface area contributed by atoms with Crippen molar-refractivity contribution in [2.45, 2.75) is 58.1 Å². The number of carbonyl (C=O) groups excluding carboxylic acids is 2. The second kappa shape index (κ2) is 11.3. The van der Waals surface area contributed by atoms with Crippen LogP contribution in [0.3, 0.4) is 0 Å². The summed E-state index contributed by atoms with van der Waals surface area (Å²) in [6.45, 7) is 3.93. The highest BCUT2D eigenvalue weighted by atomic mass is 79.9. The maximum absolute atomic E-state index is 12.6. The summed E-state index contributed by atoms with van der Waals surface area (Å²) in [6.07, 6.45) is 5.39. The van der Waals surface area contributed by atoms with Gasteiger partial charge in [-0.2, -0.15) is 0 Å². The first-order valence-corrected chi connectivity index (χ1v) is 12.3. The number of halogens is 1. The molecule has 0 aliphatic heterocycles. The molecular formula is C22H29BrN2O5S. The Morgan fingerprint density at radius 1 is 1.29 bits per heavy atom. The number of ether oxygens (including phenoxy) is 2. The molecular weight excluding hydrogens is 484 g/mol. The molecule has 1 atom stereocenters. The summed E-state index contributed by atoms with van der Waals surface area (Å²) in [5.41, 5.74) is 0.314. The van der Waals surface area contributed by atoms with Crippen molar-refractivity contribution < 1.29 is 24.2 Å². The molecule has 170 valence electrons. The molecule has 3 rings (SSSR count). The lowest BCUT2D eigenvalue weighted by Gasteiger charge is -2.24. The van der Waals surface area contributed by atoms with Crippen LogP contribution in [0.25, 0.3) is 10.1 Å². The highest BCUT2D eigenvalue weighted by Gasteiger charge is 2.24. The van der Waals surface area contributed by atoms with Crippen molar-refractivity contribution in [1.29, 1.82) is 0 Å². The van der Waals surface area contributed by atoms with Crippen LogP contribution in [0.15, 0.2) is 16.6 Å². The largest absolute Gasteiger partial charge is 0.488 e. The molecule has 31 heavy (non-hydrogen) atoms. The maximum atomic E-state index is 12.6. The number of aliphatic hydroxyl groups excluding tert-OH is 1. The molecule has 1 aliphatic carbocycles. The Hall–Kier alpha value is -1.68. The molecule has 7 nitrogen and oxygen atoms in total. The van der Waals surface area contributed by atoms with Crippen molar-refractivity contribution in [3.8, 4) is 5.75 Å². The van der Waals surface area contributed by atoms with E-state index in [9.17, 15) is 14.7 Å². The molecule has 1 aromatic carbocycles. The number of rotatable bonds is 9. The Balaban J connectivity index is 1.78. The van der Waals surface area contributed by atoms with Crippen molar-refractivity contribution in [2.24, 2.45) is 0 Å². The van der Waals surface area contributed by atoms with E-state index in [0.29, 0.717) is 43.5 Å². The van der Waals surface area contributed by atoms with E-state index in [0.717, 1.165) is 12.8 Å².